The fourth-order valence-electron chi connectivity index (χ4n) is 3.91. The summed E-state index contributed by atoms with van der Waals surface area (Å²) in [6, 6.07) is 1.32. The van der Waals surface area contributed by atoms with E-state index in [9.17, 15) is 27.6 Å². The number of hydrogen-bond acceptors (Lipinski definition) is 5. The molecule has 12 heteroatoms. The molecule has 0 saturated carbocycles. The third-order valence-electron chi connectivity index (χ3n) is 6.30. The van der Waals surface area contributed by atoms with Gasteiger partial charge in [-0.3, -0.25) is 19.4 Å². The first-order valence-electron chi connectivity index (χ1n) is 15.1. The Kier molecular flexibility index (Phi) is 19.9. The molecule has 3 rings (SSSR count). The van der Waals surface area contributed by atoms with Gasteiger partial charge in [-0.15, -0.1) is 5.92 Å². The SMILES string of the molecule is CC.CC.CC#Cc1cn(C)c2cncc(C(C#N)NC=O)c12.CC(C)C.C[C@H]1CN(C(=O)CNC(=O)C(F)(F)F)CC1(C)C. The van der Waals surface area contributed by atoms with Crippen LogP contribution in [-0.2, 0) is 21.4 Å². The van der Waals surface area contributed by atoms with Crippen molar-refractivity contribution in [3.8, 4) is 17.9 Å². The Labute approximate surface area is 266 Å². The van der Waals surface area contributed by atoms with Crippen LogP contribution in [-0.4, -0.2) is 58.5 Å². The Morgan fingerprint density at radius 3 is 2.16 bits per heavy atom. The zero-order valence-electron chi connectivity index (χ0n) is 28.8. The lowest BCUT2D eigenvalue weighted by atomic mass is 9.84. The van der Waals surface area contributed by atoms with Crippen LogP contribution in [0.4, 0.5) is 13.2 Å². The number of carbonyl (C=O) groups excluding carboxylic acids is 3. The Hall–Kier alpha value is -4.06. The van der Waals surface area contributed by atoms with E-state index in [4.69, 9.17) is 5.26 Å². The number of nitriles is 1. The summed E-state index contributed by atoms with van der Waals surface area (Å²) in [4.78, 5) is 38.4. The molecule has 2 N–H and O–H groups in total. The van der Waals surface area contributed by atoms with Crippen molar-refractivity contribution in [1.82, 2.24) is 25.1 Å². The molecule has 3 heterocycles. The summed E-state index contributed by atoms with van der Waals surface area (Å²) < 4.78 is 37.7. The highest BCUT2D eigenvalue weighted by molar-refractivity contribution is 5.90. The molecular formula is C33H51F3N6O3. The molecule has 2 atom stereocenters. The monoisotopic (exact) mass is 636 g/mol. The van der Waals surface area contributed by atoms with Gasteiger partial charge in [-0.1, -0.05) is 75.2 Å². The molecule has 9 nitrogen and oxygen atoms in total. The van der Waals surface area contributed by atoms with Crippen LogP contribution in [0.2, 0.25) is 0 Å². The van der Waals surface area contributed by atoms with E-state index < -0.39 is 30.6 Å². The fourth-order valence-corrected chi connectivity index (χ4v) is 3.91. The third kappa shape index (κ3) is 14.1. The molecule has 1 fully saturated rings. The Morgan fingerprint density at radius 2 is 1.73 bits per heavy atom. The molecule has 0 aromatic carbocycles. The molecule has 0 radical (unpaired) electrons. The van der Waals surface area contributed by atoms with Gasteiger partial charge in [0, 0.05) is 43.5 Å². The van der Waals surface area contributed by atoms with Gasteiger partial charge in [0.1, 0.15) is 6.04 Å². The number of amides is 3. The summed E-state index contributed by atoms with van der Waals surface area (Å²) in [7, 11) is 1.89. The minimum Gasteiger partial charge on any atom is -0.348 e. The number of nitrogens with zero attached hydrogens (tertiary/aromatic N) is 4. The van der Waals surface area contributed by atoms with E-state index in [1.165, 1.54) is 4.90 Å². The van der Waals surface area contributed by atoms with Gasteiger partial charge in [0.25, 0.3) is 0 Å². The topological polar surface area (TPSA) is 120 Å². The minimum absolute atomic E-state index is 0.0519. The number of aromatic nitrogens is 2. The number of alkyl halides is 3. The molecule has 0 bridgehead atoms. The summed E-state index contributed by atoms with van der Waals surface area (Å²) in [5.41, 5.74) is 2.31. The van der Waals surface area contributed by atoms with Gasteiger partial charge in [-0.2, -0.15) is 18.4 Å². The molecule has 0 spiro atoms. The lowest BCUT2D eigenvalue weighted by molar-refractivity contribution is -0.174. The van der Waals surface area contributed by atoms with Crippen LogP contribution in [0, 0.1) is 40.4 Å². The summed E-state index contributed by atoms with van der Waals surface area (Å²) >= 11 is 0. The van der Waals surface area contributed by atoms with Crippen molar-refractivity contribution in [2.45, 2.75) is 88.4 Å². The van der Waals surface area contributed by atoms with Crippen molar-refractivity contribution in [2.24, 2.45) is 24.3 Å². The molecule has 1 unspecified atom stereocenters. The van der Waals surface area contributed by atoms with E-state index >= 15 is 0 Å². The first-order chi connectivity index (χ1) is 21.0. The van der Waals surface area contributed by atoms with E-state index in [-0.39, 0.29) is 11.3 Å². The summed E-state index contributed by atoms with van der Waals surface area (Å²) in [6.07, 6.45) is 0.767. The predicted octanol–water partition coefficient (Wildman–Crippen LogP) is 6.14. The number of nitrogens with one attached hydrogen (secondary N) is 2. The van der Waals surface area contributed by atoms with E-state index in [2.05, 4.69) is 49.0 Å². The maximum atomic E-state index is 11.9. The molecular weight excluding hydrogens is 585 g/mol. The minimum atomic E-state index is -4.95. The molecule has 1 saturated heterocycles. The van der Waals surface area contributed by atoms with Crippen LogP contribution in [0.5, 0.6) is 0 Å². The van der Waals surface area contributed by atoms with Crippen LogP contribution < -0.4 is 10.6 Å². The molecule has 1 aliphatic rings. The molecule has 252 valence electrons. The quantitative estimate of drug-likeness (QED) is 0.302. The van der Waals surface area contributed by atoms with E-state index in [0.29, 0.717) is 25.1 Å². The Balaban J connectivity index is 0. The molecule has 0 aliphatic carbocycles. The largest absolute Gasteiger partial charge is 0.471 e. The first kappa shape index (κ1) is 43.1. The second-order valence-electron chi connectivity index (χ2n) is 11.1. The van der Waals surface area contributed by atoms with E-state index in [0.717, 1.165) is 22.4 Å². The lowest BCUT2D eigenvalue weighted by Crippen LogP contribution is -2.44. The molecule has 2 aromatic heterocycles. The number of rotatable bonds is 5. The van der Waals surface area contributed by atoms with Crippen molar-refractivity contribution in [1.29, 1.82) is 5.26 Å². The van der Waals surface area contributed by atoms with Crippen molar-refractivity contribution in [3.63, 3.8) is 0 Å². The van der Waals surface area contributed by atoms with E-state index in [1.807, 2.05) is 66.3 Å². The third-order valence-corrected chi connectivity index (χ3v) is 6.30. The maximum Gasteiger partial charge on any atom is 0.471 e. The average molecular weight is 637 g/mol. The lowest BCUT2D eigenvalue weighted by Gasteiger charge is -2.22. The van der Waals surface area contributed by atoms with Crippen LogP contribution in [0.1, 0.15) is 93.3 Å². The molecule has 45 heavy (non-hydrogen) atoms. The number of likely N-dealkylation sites (tertiary alicyclic amines) is 1. The van der Waals surface area contributed by atoms with Gasteiger partial charge in [0.15, 0.2) is 0 Å². The summed E-state index contributed by atoms with van der Waals surface area (Å²) in [6.45, 7) is 22.6. The Bertz CT molecular complexity index is 1310. The average Bonchev–Trinajstić information content (AvgIpc) is 3.45. The van der Waals surface area contributed by atoms with Crippen molar-refractivity contribution in [3.05, 3.63) is 29.7 Å². The fraction of sp³-hybridized carbons (Fsp3) is 0.606. The van der Waals surface area contributed by atoms with Gasteiger partial charge >= 0.3 is 12.1 Å². The zero-order chi connectivity index (χ0) is 35.5. The summed E-state index contributed by atoms with van der Waals surface area (Å²) in [5.74, 6) is 4.41. The highest BCUT2D eigenvalue weighted by Crippen LogP contribution is 2.34. The Morgan fingerprint density at radius 1 is 1.18 bits per heavy atom. The van der Waals surface area contributed by atoms with Crippen LogP contribution in [0.3, 0.4) is 0 Å². The summed E-state index contributed by atoms with van der Waals surface area (Å²) in [5, 5.41) is 14.1. The van der Waals surface area contributed by atoms with E-state index in [1.54, 1.807) is 24.6 Å². The second kappa shape index (κ2) is 20.8. The van der Waals surface area contributed by atoms with Gasteiger partial charge in [0.05, 0.1) is 29.9 Å². The molecule has 3 amide bonds. The van der Waals surface area contributed by atoms with Crippen molar-refractivity contribution >= 4 is 29.1 Å². The number of halogens is 3. The van der Waals surface area contributed by atoms with Crippen LogP contribution in [0.15, 0.2) is 18.6 Å². The van der Waals surface area contributed by atoms with Crippen LogP contribution >= 0.6 is 0 Å². The smallest absolute Gasteiger partial charge is 0.348 e. The van der Waals surface area contributed by atoms with Crippen molar-refractivity contribution < 1.29 is 27.6 Å². The normalized spacial score (nSPS) is 15.0. The number of fused-ring (bicyclic) bond motifs is 1. The predicted molar refractivity (Wildman–Crippen MR) is 173 cm³/mol. The zero-order valence-corrected chi connectivity index (χ0v) is 28.8. The van der Waals surface area contributed by atoms with Crippen molar-refractivity contribution in [2.75, 3.05) is 19.6 Å². The molecule has 1 aliphatic heterocycles. The highest BCUT2D eigenvalue weighted by Gasteiger charge is 2.41. The number of hydrogen-bond donors (Lipinski definition) is 2. The number of pyridine rings is 1. The van der Waals surface area contributed by atoms with Gasteiger partial charge in [-0.05, 0) is 24.2 Å². The molecule has 2 aromatic rings. The standard InChI is InChI=1S/C14H12N4O.C11H17F3N2O2.C4H10.2C2H6/c1-3-4-10-8-18(2)13-7-16-6-11(14(10)13)12(5-15)17-9-19;1-7-5-16(6-10(7,2)3)8(17)4-15-9(18)11(12,13)14;1-4(2)3;2*1-2/h6-9,12H,1-2H3,(H,17,19);7H,4-6H2,1-3H3,(H,15,18);4H,1-3H3;2*1-2H3/t;7-;;;/m.0.../s1. The highest BCUT2D eigenvalue weighted by atomic mass is 19.4. The van der Waals surface area contributed by atoms with Gasteiger partial charge in [-0.25, -0.2) is 0 Å². The maximum absolute atomic E-state index is 11.9. The van der Waals surface area contributed by atoms with Gasteiger partial charge < -0.3 is 20.1 Å². The van der Waals surface area contributed by atoms with Gasteiger partial charge in [0.2, 0.25) is 12.3 Å². The van der Waals surface area contributed by atoms with Crippen LogP contribution in [0.25, 0.3) is 10.9 Å². The number of aryl methyl sites for hydroxylation is 1. The second-order valence-corrected chi connectivity index (χ2v) is 11.1. The number of carbonyl (C=O) groups is 3. The first-order valence-corrected chi connectivity index (χ1v) is 15.1.